The van der Waals surface area contributed by atoms with Gasteiger partial charge in [0.2, 0.25) is 0 Å². The van der Waals surface area contributed by atoms with Gasteiger partial charge in [0.05, 0.1) is 0 Å². The summed E-state index contributed by atoms with van der Waals surface area (Å²) in [6.07, 6.45) is 5.29. The van der Waals surface area contributed by atoms with Crippen LogP contribution in [-0.2, 0) is 0 Å². The van der Waals surface area contributed by atoms with E-state index < -0.39 is 0 Å². The standard InChI is InChI=1S/C15H23ClN2/c1-12-14(16)7-5-8-15(12)17-10-9-13-6-3-4-11-18(13)2/h5,7-8,13,17H,3-4,6,9-11H2,1-2H3. The highest BCUT2D eigenvalue weighted by Crippen LogP contribution is 2.23. The molecule has 1 aliphatic rings. The molecule has 1 atom stereocenters. The van der Waals surface area contributed by atoms with Crippen LogP contribution in [0.25, 0.3) is 0 Å². The molecule has 1 fully saturated rings. The van der Waals surface area contributed by atoms with Gasteiger partial charge in [-0.25, -0.2) is 0 Å². The van der Waals surface area contributed by atoms with Crippen molar-refractivity contribution >= 4 is 17.3 Å². The molecule has 0 saturated carbocycles. The summed E-state index contributed by atoms with van der Waals surface area (Å²) in [5, 5.41) is 4.35. The Kier molecular flexibility index (Phi) is 4.90. The lowest BCUT2D eigenvalue weighted by Crippen LogP contribution is -2.37. The van der Waals surface area contributed by atoms with Gasteiger partial charge in [-0.1, -0.05) is 24.1 Å². The highest BCUT2D eigenvalue weighted by molar-refractivity contribution is 6.31. The number of nitrogens with one attached hydrogen (secondary N) is 1. The van der Waals surface area contributed by atoms with Crippen molar-refractivity contribution in [2.45, 2.75) is 38.6 Å². The van der Waals surface area contributed by atoms with Crippen molar-refractivity contribution in [3.8, 4) is 0 Å². The molecule has 0 amide bonds. The minimum absolute atomic E-state index is 0.741. The zero-order valence-electron chi connectivity index (χ0n) is 11.4. The Labute approximate surface area is 115 Å². The average molecular weight is 267 g/mol. The topological polar surface area (TPSA) is 15.3 Å². The van der Waals surface area contributed by atoms with Gasteiger partial charge < -0.3 is 10.2 Å². The number of hydrogen-bond donors (Lipinski definition) is 1. The monoisotopic (exact) mass is 266 g/mol. The molecule has 2 rings (SSSR count). The minimum Gasteiger partial charge on any atom is -0.385 e. The first kappa shape index (κ1) is 13.7. The third-order valence-electron chi connectivity index (χ3n) is 3.98. The predicted octanol–water partition coefficient (Wildman–Crippen LogP) is 3.93. The van der Waals surface area contributed by atoms with Gasteiger partial charge in [0, 0.05) is 23.3 Å². The maximum atomic E-state index is 6.12. The summed E-state index contributed by atoms with van der Waals surface area (Å²) in [5.41, 5.74) is 2.32. The van der Waals surface area contributed by atoms with Gasteiger partial charge in [0.1, 0.15) is 0 Å². The van der Waals surface area contributed by atoms with Crippen LogP contribution in [0.4, 0.5) is 5.69 Å². The number of likely N-dealkylation sites (tertiary alicyclic amines) is 1. The molecule has 1 heterocycles. The number of rotatable bonds is 4. The summed E-state index contributed by atoms with van der Waals surface area (Å²) in [7, 11) is 2.24. The predicted molar refractivity (Wildman–Crippen MR) is 79.6 cm³/mol. The minimum atomic E-state index is 0.741. The summed E-state index contributed by atoms with van der Waals surface area (Å²) >= 11 is 6.12. The van der Waals surface area contributed by atoms with E-state index in [0.717, 1.165) is 23.2 Å². The van der Waals surface area contributed by atoms with Gasteiger partial charge >= 0.3 is 0 Å². The quantitative estimate of drug-likeness (QED) is 0.888. The SMILES string of the molecule is Cc1c(Cl)cccc1NCCC1CCCCN1C. The second-order valence-corrected chi connectivity index (χ2v) is 5.67. The molecule has 1 aromatic rings. The Balaban J connectivity index is 1.83. The van der Waals surface area contributed by atoms with Crippen molar-refractivity contribution in [3.63, 3.8) is 0 Å². The van der Waals surface area contributed by atoms with Crippen molar-refractivity contribution in [2.24, 2.45) is 0 Å². The molecule has 1 aromatic carbocycles. The lowest BCUT2D eigenvalue weighted by atomic mass is 10.00. The second kappa shape index (κ2) is 6.44. The first-order valence-electron chi connectivity index (χ1n) is 6.87. The Morgan fingerprint density at radius 3 is 3.00 bits per heavy atom. The molecular formula is C15H23ClN2. The van der Waals surface area contributed by atoms with Gasteiger partial charge in [-0.2, -0.15) is 0 Å². The van der Waals surface area contributed by atoms with Crippen LogP contribution >= 0.6 is 11.6 Å². The molecule has 1 aliphatic heterocycles. The maximum Gasteiger partial charge on any atom is 0.0455 e. The molecule has 1 N–H and O–H groups in total. The molecule has 2 nitrogen and oxygen atoms in total. The van der Waals surface area contributed by atoms with E-state index in [1.165, 1.54) is 37.9 Å². The largest absolute Gasteiger partial charge is 0.385 e. The zero-order chi connectivity index (χ0) is 13.0. The fourth-order valence-electron chi connectivity index (χ4n) is 2.68. The second-order valence-electron chi connectivity index (χ2n) is 5.26. The Hall–Kier alpha value is -0.730. The summed E-state index contributed by atoms with van der Waals surface area (Å²) in [5.74, 6) is 0. The normalized spacial score (nSPS) is 20.9. The van der Waals surface area contributed by atoms with E-state index in [0.29, 0.717) is 0 Å². The Morgan fingerprint density at radius 2 is 2.22 bits per heavy atom. The maximum absolute atomic E-state index is 6.12. The van der Waals surface area contributed by atoms with Crippen LogP contribution in [0.1, 0.15) is 31.2 Å². The molecule has 3 heteroatoms. The number of piperidine rings is 1. The van der Waals surface area contributed by atoms with E-state index in [2.05, 4.69) is 30.3 Å². The summed E-state index contributed by atoms with van der Waals surface area (Å²) in [6.45, 7) is 4.34. The van der Waals surface area contributed by atoms with Gasteiger partial charge in [0.15, 0.2) is 0 Å². The first-order chi connectivity index (χ1) is 8.68. The van der Waals surface area contributed by atoms with Crippen LogP contribution in [-0.4, -0.2) is 31.1 Å². The third kappa shape index (κ3) is 3.39. The number of benzene rings is 1. The first-order valence-corrected chi connectivity index (χ1v) is 7.25. The molecular weight excluding hydrogens is 244 g/mol. The van der Waals surface area contributed by atoms with Crippen molar-refractivity contribution in [1.29, 1.82) is 0 Å². The van der Waals surface area contributed by atoms with E-state index >= 15 is 0 Å². The molecule has 18 heavy (non-hydrogen) atoms. The van der Waals surface area contributed by atoms with E-state index in [4.69, 9.17) is 11.6 Å². The van der Waals surface area contributed by atoms with Crippen LogP contribution < -0.4 is 5.32 Å². The smallest absolute Gasteiger partial charge is 0.0455 e. The molecule has 0 aromatic heterocycles. The molecule has 0 spiro atoms. The van der Waals surface area contributed by atoms with Crippen molar-refractivity contribution in [3.05, 3.63) is 28.8 Å². The number of halogens is 1. The molecule has 1 unspecified atom stereocenters. The van der Waals surface area contributed by atoms with Gasteiger partial charge in [-0.3, -0.25) is 0 Å². The lowest BCUT2D eigenvalue weighted by Gasteiger charge is -2.32. The van der Waals surface area contributed by atoms with Gasteiger partial charge in [0.25, 0.3) is 0 Å². The molecule has 1 saturated heterocycles. The number of nitrogens with zero attached hydrogens (tertiary/aromatic N) is 1. The molecule has 100 valence electrons. The molecule has 0 bridgehead atoms. The summed E-state index contributed by atoms with van der Waals surface area (Å²) < 4.78 is 0. The van der Waals surface area contributed by atoms with E-state index in [1.807, 2.05) is 12.1 Å². The van der Waals surface area contributed by atoms with Gasteiger partial charge in [-0.05, 0) is 57.5 Å². The summed E-state index contributed by atoms with van der Waals surface area (Å²) in [6, 6.07) is 6.79. The van der Waals surface area contributed by atoms with Gasteiger partial charge in [-0.15, -0.1) is 0 Å². The Morgan fingerprint density at radius 1 is 1.39 bits per heavy atom. The molecule has 0 radical (unpaired) electrons. The van der Waals surface area contributed by atoms with Crippen molar-refractivity contribution in [2.75, 3.05) is 25.5 Å². The number of hydrogen-bond acceptors (Lipinski definition) is 2. The van der Waals surface area contributed by atoms with E-state index in [9.17, 15) is 0 Å². The lowest BCUT2D eigenvalue weighted by molar-refractivity contribution is 0.179. The Bertz CT molecular complexity index is 392. The van der Waals surface area contributed by atoms with Crippen LogP contribution in [0.5, 0.6) is 0 Å². The average Bonchev–Trinajstić information content (AvgIpc) is 2.37. The van der Waals surface area contributed by atoms with E-state index in [-0.39, 0.29) is 0 Å². The van der Waals surface area contributed by atoms with E-state index in [1.54, 1.807) is 0 Å². The van der Waals surface area contributed by atoms with Crippen molar-refractivity contribution < 1.29 is 0 Å². The van der Waals surface area contributed by atoms with Crippen LogP contribution in [0.15, 0.2) is 18.2 Å². The molecule has 0 aliphatic carbocycles. The number of anilines is 1. The fraction of sp³-hybridized carbons (Fsp3) is 0.600. The van der Waals surface area contributed by atoms with Crippen LogP contribution in [0.3, 0.4) is 0 Å². The van der Waals surface area contributed by atoms with Crippen molar-refractivity contribution in [1.82, 2.24) is 4.90 Å². The third-order valence-corrected chi connectivity index (χ3v) is 4.39. The fourth-order valence-corrected chi connectivity index (χ4v) is 2.86. The highest BCUT2D eigenvalue weighted by Gasteiger charge is 2.18. The highest BCUT2D eigenvalue weighted by atomic mass is 35.5. The zero-order valence-corrected chi connectivity index (χ0v) is 12.1. The van der Waals surface area contributed by atoms with Crippen LogP contribution in [0.2, 0.25) is 5.02 Å². The summed E-state index contributed by atoms with van der Waals surface area (Å²) in [4.78, 5) is 2.50. The van der Waals surface area contributed by atoms with Crippen LogP contribution in [0, 0.1) is 6.92 Å².